The van der Waals surface area contributed by atoms with Crippen molar-refractivity contribution < 1.29 is 18.9 Å². The van der Waals surface area contributed by atoms with Crippen LogP contribution in [0.3, 0.4) is 0 Å². The molecule has 0 N–H and O–H groups in total. The van der Waals surface area contributed by atoms with Gasteiger partial charge in [-0.1, -0.05) is 17.7 Å². The maximum Gasteiger partial charge on any atom is 0.337 e. The molecule has 2 aromatic heterocycles. The second-order valence-electron chi connectivity index (χ2n) is 9.62. The summed E-state index contributed by atoms with van der Waals surface area (Å²) in [6, 6.07) is 17.3. The van der Waals surface area contributed by atoms with Gasteiger partial charge in [0.2, 0.25) is 5.89 Å². The first-order valence-corrected chi connectivity index (χ1v) is 12.9. The van der Waals surface area contributed by atoms with Crippen LogP contribution in [0.2, 0.25) is 0 Å². The number of allylic oxidation sites excluding steroid dienone is 2. The molecule has 0 saturated carbocycles. The number of carbonyl (C=O) groups is 1. The van der Waals surface area contributed by atoms with E-state index in [1.165, 1.54) is 37.7 Å². The van der Waals surface area contributed by atoms with Gasteiger partial charge >= 0.3 is 5.97 Å². The summed E-state index contributed by atoms with van der Waals surface area (Å²) in [5, 5.41) is 11.1. The SMILES string of the molecule is COC(=O)c1ccc2c(c1)nc(-c1cccc3nc(-c4ccc([N+](=O)[O-])cc4)oc13)n2CCC1=CCCCC1. The number of nitro groups is 1. The summed E-state index contributed by atoms with van der Waals surface area (Å²) in [7, 11) is 1.36. The van der Waals surface area contributed by atoms with Gasteiger partial charge in [-0.05, 0) is 74.6 Å². The molecule has 39 heavy (non-hydrogen) atoms. The van der Waals surface area contributed by atoms with Crippen molar-refractivity contribution in [3.8, 4) is 22.8 Å². The summed E-state index contributed by atoms with van der Waals surface area (Å²) < 4.78 is 13.3. The van der Waals surface area contributed by atoms with Crippen molar-refractivity contribution in [1.29, 1.82) is 0 Å². The lowest BCUT2D eigenvalue weighted by Gasteiger charge is -2.15. The monoisotopic (exact) mass is 522 g/mol. The van der Waals surface area contributed by atoms with E-state index < -0.39 is 10.9 Å². The number of hydrogen-bond donors (Lipinski definition) is 0. The quantitative estimate of drug-likeness (QED) is 0.0969. The van der Waals surface area contributed by atoms with Crippen LogP contribution < -0.4 is 0 Å². The Morgan fingerprint density at radius 3 is 2.67 bits per heavy atom. The van der Waals surface area contributed by atoms with Gasteiger partial charge in [0.15, 0.2) is 5.58 Å². The summed E-state index contributed by atoms with van der Waals surface area (Å²) in [6.07, 6.45) is 7.96. The van der Waals surface area contributed by atoms with Gasteiger partial charge in [-0.3, -0.25) is 10.1 Å². The van der Waals surface area contributed by atoms with Gasteiger partial charge in [-0.25, -0.2) is 14.8 Å². The van der Waals surface area contributed by atoms with Crippen LogP contribution in [0.1, 0.15) is 42.5 Å². The predicted octanol–water partition coefficient (Wildman–Crippen LogP) is 7.10. The Kier molecular flexibility index (Phi) is 6.40. The molecule has 0 unspecified atom stereocenters. The third-order valence-corrected chi connectivity index (χ3v) is 7.19. The molecule has 0 fully saturated rings. The minimum atomic E-state index is -0.437. The lowest BCUT2D eigenvalue weighted by molar-refractivity contribution is -0.384. The molecule has 1 aliphatic carbocycles. The lowest BCUT2D eigenvalue weighted by atomic mass is 9.97. The van der Waals surface area contributed by atoms with Gasteiger partial charge in [0.05, 0.1) is 34.2 Å². The first kappa shape index (κ1) is 24.5. The molecule has 5 aromatic rings. The van der Waals surface area contributed by atoms with Crippen molar-refractivity contribution in [2.45, 2.75) is 38.6 Å². The number of nitrogens with zero attached hydrogens (tertiary/aromatic N) is 4. The van der Waals surface area contributed by atoms with Crippen molar-refractivity contribution >= 4 is 33.8 Å². The van der Waals surface area contributed by atoms with Crippen LogP contribution >= 0.6 is 0 Å². The molecule has 3 aromatic carbocycles. The molecule has 2 heterocycles. The van der Waals surface area contributed by atoms with Crippen molar-refractivity contribution in [2.75, 3.05) is 7.11 Å². The average molecular weight is 523 g/mol. The minimum Gasteiger partial charge on any atom is -0.465 e. The molecule has 6 rings (SSSR count). The molecule has 0 aliphatic heterocycles. The number of nitro benzene ring substituents is 1. The zero-order valence-corrected chi connectivity index (χ0v) is 21.4. The molecule has 0 radical (unpaired) electrons. The number of aromatic nitrogens is 3. The van der Waals surface area contributed by atoms with E-state index in [9.17, 15) is 14.9 Å². The van der Waals surface area contributed by atoms with E-state index in [2.05, 4.69) is 15.6 Å². The van der Waals surface area contributed by atoms with Crippen LogP contribution in [0.15, 0.2) is 76.7 Å². The van der Waals surface area contributed by atoms with Crippen LogP contribution in [0.25, 0.3) is 45.0 Å². The Morgan fingerprint density at radius 2 is 1.92 bits per heavy atom. The number of non-ortho nitro benzene ring substituents is 1. The molecular formula is C30H26N4O5. The molecular weight excluding hydrogens is 496 g/mol. The number of aryl methyl sites for hydroxylation is 1. The highest BCUT2D eigenvalue weighted by molar-refractivity contribution is 5.96. The Balaban J connectivity index is 1.46. The van der Waals surface area contributed by atoms with E-state index in [1.807, 2.05) is 24.3 Å². The molecule has 0 atom stereocenters. The Morgan fingerprint density at radius 1 is 1.08 bits per heavy atom. The average Bonchev–Trinajstić information content (AvgIpc) is 3.57. The second kappa shape index (κ2) is 10.2. The van der Waals surface area contributed by atoms with E-state index in [-0.39, 0.29) is 5.69 Å². The maximum absolute atomic E-state index is 12.2. The van der Waals surface area contributed by atoms with E-state index in [1.54, 1.807) is 24.3 Å². The first-order valence-electron chi connectivity index (χ1n) is 12.9. The highest BCUT2D eigenvalue weighted by Gasteiger charge is 2.21. The fourth-order valence-corrected chi connectivity index (χ4v) is 5.17. The predicted molar refractivity (Wildman–Crippen MR) is 147 cm³/mol. The summed E-state index contributed by atoms with van der Waals surface area (Å²) in [5.41, 5.74) is 6.16. The van der Waals surface area contributed by atoms with Crippen molar-refractivity contribution in [3.05, 3.63) is 88.0 Å². The number of imidazole rings is 1. The van der Waals surface area contributed by atoms with Crippen LogP contribution in [-0.2, 0) is 11.3 Å². The van der Waals surface area contributed by atoms with Gasteiger partial charge in [-0.15, -0.1) is 0 Å². The van der Waals surface area contributed by atoms with Crippen LogP contribution in [0.5, 0.6) is 0 Å². The topological polar surface area (TPSA) is 113 Å². The molecule has 1 aliphatic rings. The standard InChI is InChI=1S/C30H26N4O5/c1-38-30(35)21-12-15-26-25(18-21)31-28(33(26)17-16-19-6-3-2-4-7-19)23-8-5-9-24-27(23)39-29(32-24)20-10-13-22(14-11-20)34(36)37/h5-6,8-15,18H,2-4,7,16-17H2,1H3. The number of oxazole rings is 1. The fourth-order valence-electron chi connectivity index (χ4n) is 5.17. The highest BCUT2D eigenvalue weighted by atomic mass is 16.6. The van der Waals surface area contributed by atoms with Crippen molar-refractivity contribution in [3.63, 3.8) is 0 Å². The molecule has 9 heteroatoms. The zero-order chi connectivity index (χ0) is 26.9. The first-order chi connectivity index (χ1) is 19.0. The third-order valence-electron chi connectivity index (χ3n) is 7.19. The summed E-state index contributed by atoms with van der Waals surface area (Å²) in [6.45, 7) is 0.731. The van der Waals surface area contributed by atoms with Gasteiger partial charge in [0, 0.05) is 24.2 Å². The number of para-hydroxylation sites is 1. The Labute approximate surface area is 223 Å². The fraction of sp³-hybridized carbons (Fsp3) is 0.233. The number of hydrogen-bond acceptors (Lipinski definition) is 7. The van der Waals surface area contributed by atoms with E-state index in [0.717, 1.165) is 42.7 Å². The normalized spacial score (nSPS) is 13.5. The van der Waals surface area contributed by atoms with Crippen LogP contribution in [0, 0.1) is 10.1 Å². The molecule has 196 valence electrons. The smallest absolute Gasteiger partial charge is 0.337 e. The maximum atomic E-state index is 12.2. The van der Waals surface area contributed by atoms with Gasteiger partial charge < -0.3 is 13.7 Å². The lowest BCUT2D eigenvalue weighted by Crippen LogP contribution is -2.04. The summed E-state index contributed by atoms with van der Waals surface area (Å²) in [5.74, 6) is 0.682. The second-order valence-corrected chi connectivity index (χ2v) is 9.62. The van der Waals surface area contributed by atoms with Gasteiger partial charge in [0.1, 0.15) is 11.3 Å². The number of ether oxygens (including phenoxy) is 1. The van der Waals surface area contributed by atoms with E-state index >= 15 is 0 Å². The number of methoxy groups -OCH3 is 1. The molecule has 0 saturated heterocycles. The van der Waals surface area contributed by atoms with Crippen LogP contribution in [-0.4, -0.2) is 32.5 Å². The third kappa shape index (κ3) is 4.67. The number of rotatable bonds is 7. The Bertz CT molecular complexity index is 1750. The Hall–Kier alpha value is -4.79. The van der Waals surface area contributed by atoms with Gasteiger partial charge in [-0.2, -0.15) is 0 Å². The minimum absolute atomic E-state index is 0.00340. The molecule has 0 amide bonds. The molecule has 9 nitrogen and oxygen atoms in total. The largest absolute Gasteiger partial charge is 0.465 e. The van der Waals surface area contributed by atoms with Crippen molar-refractivity contribution in [1.82, 2.24) is 14.5 Å². The highest BCUT2D eigenvalue weighted by Crippen LogP contribution is 2.35. The molecule has 0 spiro atoms. The summed E-state index contributed by atoms with van der Waals surface area (Å²) in [4.78, 5) is 32.4. The van der Waals surface area contributed by atoms with Gasteiger partial charge in [0.25, 0.3) is 5.69 Å². The number of fused-ring (bicyclic) bond motifs is 2. The number of carbonyl (C=O) groups excluding carboxylic acids is 1. The number of benzene rings is 3. The van der Waals surface area contributed by atoms with Crippen LogP contribution in [0.4, 0.5) is 5.69 Å². The van der Waals surface area contributed by atoms with Crippen molar-refractivity contribution in [2.24, 2.45) is 0 Å². The number of esters is 1. The summed E-state index contributed by atoms with van der Waals surface area (Å²) >= 11 is 0. The van der Waals surface area contributed by atoms with E-state index in [0.29, 0.717) is 33.6 Å². The van der Waals surface area contributed by atoms with E-state index in [4.69, 9.17) is 14.1 Å². The molecule has 0 bridgehead atoms. The zero-order valence-electron chi connectivity index (χ0n) is 21.4.